The average Bonchev–Trinajstić information content (AvgIpc) is 2.73. The Morgan fingerprint density at radius 1 is 1.20 bits per heavy atom. The summed E-state index contributed by atoms with van der Waals surface area (Å²) in [6.07, 6.45) is -0.443. The van der Waals surface area contributed by atoms with Crippen LogP contribution in [0.25, 0.3) is 11.4 Å². The zero-order valence-corrected chi connectivity index (χ0v) is 16.2. The number of aromatic amines is 1. The standard InChI is InChI=1S/C21H19F3N4O2/c1-30-16-8-13(9-25-10-16)11-28-7-6-18-17(12-28)20(29)27-19(26-18)14-2-4-15(5-3-14)21(22,23)24/h2-5,8-10H,6-7,11-12H2,1H3,(H,26,27,29). The van der Waals surface area contributed by atoms with E-state index in [1.54, 1.807) is 19.5 Å². The van der Waals surface area contributed by atoms with Crippen LogP contribution in [0, 0.1) is 0 Å². The Labute approximate surface area is 170 Å². The van der Waals surface area contributed by atoms with E-state index in [0.717, 1.165) is 17.7 Å². The van der Waals surface area contributed by atoms with E-state index in [2.05, 4.69) is 19.9 Å². The van der Waals surface area contributed by atoms with Gasteiger partial charge in [0.2, 0.25) is 0 Å². The summed E-state index contributed by atoms with van der Waals surface area (Å²) in [6.45, 7) is 1.75. The SMILES string of the molecule is COc1cncc(CN2CCc3nc(-c4ccc(C(F)(F)F)cc4)[nH]c(=O)c3C2)c1. The van der Waals surface area contributed by atoms with Gasteiger partial charge >= 0.3 is 6.18 Å². The largest absolute Gasteiger partial charge is 0.495 e. The van der Waals surface area contributed by atoms with Crippen LogP contribution in [0.1, 0.15) is 22.4 Å². The van der Waals surface area contributed by atoms with Crippen molar-refractivity contribution in [1.82, 2.24) is 19.9 Å². The fourth-order valence-corrected chi connectivity index (χ4v) is 3.49. The third kappa shape index (κ3) is 4.20. The lowest BCUT2D eigenvalue weighted by atomic mass is 10.1. The van der Waals surface area contributed by atoms with Crippen LogP contribution in [0.15, 0.2) is 47.5 Å². The Morgan fingerprint density at radius 3 is 2.67 bits per heavy atom. The highest BCUT2D eigenvalue weighted by atomic mass is 19.4. The van der Waals surface area contributed by atoms with E-state index >= 15 is 0 Å². The van der Waals surface area contributed by atoms with E-state index in [-0.39, 0.29) is 11.4 Å². The molecule has 0 amide bonds. The molecule has 30 heavy (non-hydrogen) atoms. The van der Waals surface area contributed by atoms with Gasteiger partial charge in [0.15, 0.2) is 0 Å². The van der Waals surface area contributed by atoms with Crippen LogP contribution in [0.4, 0.5) is 13.2 Å². The maximum atomic E-state index is 12.8. The molecule has 0 bridgehead atoms. The molecule has 6 nitrogen and oxygen atoms in total. The molecule has 156 valence electrons. The third-order valence-electron chi connectivity index (χ3n) is 5.05. The highest BCUT2D eigenvalue weighted by Crippen LogP contribution is 2.30. The number of ether oxygens (including phenoxy) is 1. The van der Waals surface area contributed by atoms with Gasteiger partial charge < -0.3 is 9.72 Å². The second-order valence-electron chi connectivity index (χ2n) is 7.11. The molecule has 0 fully saturated rings. The van der Waals surface area contributed by atoms with Crippen molar-refractivity contribution in [3.63, 3.8) is 0 Å². The molecule has 1 aromatic carbocycles. The van der Waals surface area contributed by atoms with Crippen LogP contribution < -0.4 is 10.3 Å². The number of methoxy groups -OCH3 is 1. The number of nitrogens with one attached hydrogen (secondary N) is 1. The number of fused-ring (bicyclic) bond motifs is 1. The lowest BCUT2D eigenvalue weighted by Crippen LogP contribution is -2.35. The summed E-state index contributed by atoms with van der Waals surface area (Å²) < 4.78 is 43.5. The van der Waals surface area contributed by atoms with Gasteiger partial charge in [-0.3, -0.25) is 14.7 Å². The summed E-state index contributed by atoms with van der Waals surface area (Å²) >= 11 is 0. The monoisotopic (exact) mass is 416 g/mol. The molecule has 9 heteroatoms. The first-order chi connectivity index (χ1) is 14.3. The van der Waals surface area contributed by atoms with Gasteiger partial charge in [-0.15, -0.1) is 0 Å². The molecular formula is C21H19F3N4O2. The number of aromatic nitrogens is 3. The molecule has 1 aliphatic rings. The van der Waals surface area contributed by atoms with Gasteiger partial charge in [0.05, 0.1) is 30.1 Å². The molecule has 0 spiro atoms. The van der Waals surface area contributed by atoms with E-state index < -0.39 is 11.7 Å². The Bertz CT molecular complexity index is 1110. The summed E-state index contributed by atoms with van der Waals surface area (Å²) in [7, 11) is 1.58. The normalized spacial score (nSPS) is 14.4. The summed E-state index contributed by atoms with van der Waals surface area (Å²) in [5.74, 6) is 0.948. The molecule has 0 saturated heterocycles. The van der Waals surface area contributed by atoms with Crippen LogP contribution >= 0.6 is 0 Å². The fourth-order valence-electron chi connectivity index (χ4n) is 3.49. The summed E-state index contributed by atoms with van der Waals surface area (Å²) in [5.41, 5.74) is 1.65. The maximum Gasteiger partial charge on any atom is 0.416 e. The van der Waals surface area contributed by atoms with Crippen LogP contribution in [0.5, 0.6) is 5.75 Å². The zero-order valence-electron chi connectivity index (χ0n) is 16.2. The van der Waals surface area contributed by atoms with E-state index in [4.69, 9.17) is 4.74 Å². The molecular weight excluding hydrogens is 397 g/mol. The molecule has 0 saturated carbocycles. The second-order valence-corrected chi connectivity index (χ2v) is 7.11. The topological polar surface area (TPSA) is 71.1 Å². The zero-order chi connectivity index (χ0) is 21.3. The molecule has 2 aromatic heterocycles. The number of alkyl halides is 3. The van der Waals surface area contributed by atoms with Gasteiger partial charge in [-0.05, 0) is 23.8 Å². The first-order valence-electron chi connectivity index (χ1n) is 9.33. The van der Waals surface area contributed by atoms with Gasteiger partial charge in [0, 0.05) is 37.8 Å². The molecule has 1 N–H and O–H groups in total. The van der Waals surface area contributed by atoms with E-state index in [0.29, 0.717) is 48.6 Å². The third-order valence-corrected chi connectivity index (χ3v) is 5.05. The number of benzene rings is 1. The first-order valence-corrected chi connectivity index (χ1v) is 9.33. The highest BCUT2D eigenvalue weighted by Gasteiger charge is 2.30. The molecule has 3 aromatic rings. The van der Waals surface area contributed by atoms with Crippen molar-refractivity contribution < 1.29 is 17.9 Å². The lowest BCUT2D eigenvalue weighted by molar-refractivity contribution is -0.137. The van der Waals surface area contributed by atoms with Crippen molar-refractivity contribution in [2.75, 3.05) is 13.7 Å². The molecule has 1 aliphatic heterocycles. The summed E-state index contributed by atoms with van der Waals surface area (Å²) in [4.78, 5) is 26.1. The van der Waals surface area contributed by atoms with Crippen LogP contribution in [-0.4, -0.2) is 33.5 Å². The van der Waals surface area contributed by atoms with Gasteiger partial charge in [0.1, 0.15) is 11.6 Å². The van der Waals surface area contributed by atoms with E-state index in [9.17, 15) is 18.0 Å². The Hall–Kier alpha value is -3.20. The predicted octanol–water partition coefficient (Wildman–Crippen LogP) is 3.42. The predicted molar refractivity (Wildman–Crippen MR) is 104 cm³/mol. The summed E-state index contributed by atoms with van der Waals surface area (Å²) in [5, 5.41) is 0. The number of hydrogen-bond donors (Lipinski definition) is 1. The first kappa shape index (κ1) is 20.1. The molecule has 0 radical (unpaired) electrons. The van der Waals surface area contributed by atoms with E-state index in [1.807, 2.05) is 6.07 Å². The van der Waals surface area contributed by atoms with Crippen LogP contribution in [-0.2, 0) is 25.7 Å². The maximum absolute atomic E-state index is 12.8. The van der Waals surface area contributed by atoms with Crippen molar-refractivity contribution in [3.8, 4) is 17.1 Å². The van der Waals surface area contributed by atoms with Gasteiger partial charge in [-0.1, -0.05) is 12.1 Å². The minimum Gasteiger partial charge on any atom is -0.495 e. The van der Waals surface area contributed by atoms with Crippen LogP contribution in [0.2, 0.25) is 0 Å². The smallest absolute Gasteiger partial charge is 0.416 e. The van der Waals surface area contributed by atoms with Crippen LogP contribution in [0.3, 0.4) is 0 Å². The molecule has 0 aliphatic carbocycles. The van der Waals surface area contributed by atoms with Crippen molar-refractivity contribution >= 4 is 0 Å². The number of rotatable bonds is 4. The number of H-pyrrole nitrogens is 1. The molecule has 0 atom stereocenters. The van der Waals surface area contributed by atoms with Gasteiger partial charge in [0.25, 0.3) is 5.56 Å². The van der Waals surface area contributed by atoms with Gasteiger partial charge in [-0.2, -0.15) is 13.2 Å². The summed E-state index contributed by atoms with van der Waals surface area (Å²) in [6, 6.07) is 6.51. The number of halogens is 3. The Morgan fingerprint density at radius 2 is 1.97 bits per heavy atom. The number of pyridine rings is 1. The molecule has 0 unspecified atom stereocenters. The van der Waals surface area contributed by atoms with E-state index in [1.165, 1.54) is 12.1 Å². The van der Waals surface area contributed by atoms with Crippen molar-refractivity contribution in [1.29, 1.82) is 0 Å². The van der Waals surface area contributed by atoms with Crippen molar-refractivity contribution in [2.24, 2.45) is 0 Å². The second kappa shape index (κ2) is 7.91. The van der Waals surface area contributed by atoms with Crippen molar-refractivity contribution in [3.05, 3.63) is 75.5 Å². The van der Waals surface area contributed by atoms with Crippen molar-refractivity contribution in [2.45, 2.75) is 25.7 Å². The molecule has 4 rings (SSSR count). The minimum atomic E-state index is -4.41. The van der Waals surface area contributed by atoms with Gasteiger partial charge in [-0.25, -0.2) is 4.98 Å². The minimum absolute atomic E-state index is 0.275. The number of nitrogens with zero attached hydrogens (tertiary/aromatic N) is 3. The Balaban J connectivity index is 1.54. The quantitative estimate of drug-likeness (QED) is 0.706. The average molecular weight is 416 g/mol. The fraction of sp³-hybridized carbons (Fsp3) is 0.286. The number of hydrogen-bond acceptors (Lipinski definition) is 5. The highest BCUT2D eigenvalue weighted by molar-refractivity contribution is 5.56. The molecule has 3 heterocycles. The lowest BCUT2D eigenvalue weighted by Gasteiger charge is -2.27. The Kier molecular flexibility index (Phi) is 5.29.